The Kier molecular flexibility index (Phi) is 11.4. The summed E-state index contributed by atoms with van der Waals surface area (Å²) in [4.78, 5) is 0. The summed E-state index contributed by atoms with van der Waals surface area (Å²) in [5, 5.41) is 0. The van der Waals surface area contributed by atoms with Crippen LogP contribution >= 0.6 is 0 Å². The molecule has 1 heterocycles. The van der Waals surface area contributed by atoms with Gasteiger partial charge in [0.15, 0.2) is 6.29 Å². The van der Waals surface area contributed by atoms with Gasteiger partial charge in [-0.2, -0.15) is 8.78 Å². The maximum absolute atomic E-state index is 12.2. The highest BCUT2D eigenvalue weighted by Crippen LogP contribution is 2.47. The molecule has 1 aliphatic heterocycles. The lowest BCUT2D eigenvalue weighted by atomic mass is 9.64. The fourth-order valence-corrected chi connectivity index (χ4v) is 8.13. The number of allylic oxidation sites excluding steroid dienone is 1. The van der Waals surface area contributed by atoms with Gasteiger partial charge < -0.3 is 9.47 Å². The molecule has 0 bridgehead atoms. The third-order valence-electron chi connectivity index (χ3n) is 10.4. The SMILES string of the molecule is CCCCCC1CCC(C2CCC(C3CCC(C4COC(CCC=C(F)F)OC4)CC3)CC2)CC1. The molecule has 4 heteroatoms. The molecule has 4 fully saturated rings. The van der Waals surface area contributed by atoms with Crippen molar-refractivity contribution in [3.63, 3.8) is 0 Å². The molecule has 202 valence electrons. The van der Waals surface area contributed by atoms with Crippen molar-refractivity contribution in [1.82, 2.24) is 0 Å². The van der Waals surface area contributed by atoms with Crippen LogP contribution in [0.1, 0.15) is 122 Å². The Bertz CT molecular complexity index is 601. The zero-order valence-electron chi connectivity index (χ0n) is 22.4. The minimum absolute atomic E-state index is 0.301. The van der Waals surface area contributed by atoms with E-state index in [0.29, 0.717) is 18.8 Å². The molecule has 4 rings (SSSR count). The van der Waals surface area contributed by atoms with Crippen LogP contribution in [0.5, 0.6) is 0 Å². The van der Waals surface area contributed by atoms with E-state index in [1.807, 2.05) is 0 Å². The number of hydrogen-bond donors (Lipinski definition) is 0. The van der Waals surface area contributed by atoms with Crippen LogP contribution in [-0.2, 0) is 9.47 Å². The van der Waals surface area contributed by atoms with Crippen molar-refractivity contribution < 1.29 is 18.3 Å². The molecule has 0 aromatic carbocycles. The first-order valence-corrected chi connectivity index (χ1v) is 15.4. The van der Waals surface area contributed by atoms with Crippen LogP contribution in [0, 0.1) is 41.4 Å². The van der Waals surface area contributed by atoms with Crippen molar-refractivity contribution in [2.75, 3.05) is 13.2 Å². The standard InChI is InChI=1S/C31H52F2O2/c1-2-3-4-6-23-9-11-24(12-10-23)25-13-15-26(16-14-25)27-17-19-28(20-18-27)29-21-34-31(35-22-29)8-5-7-30(32)33/h7,23-29,31H,2-6,8-22H2,1H3. The van der Waals surface area contributed by atoms with Gasteiger partial charge in [-0.3, -0.25) is 0 Å². The second-order valence-electron chi connectivity index (χ2n) is 12.6. The van der Waals surface area contributed by atoms with Gasteiger partial charge in [-0.15, -0.1) is 0 Å². The Morgan fingerprint density at radius 3 is 1.54 bits per heavy atom. The van der Waals surface area contributed by atoms with Crippen LogP contribution in [0.25, 0.3) is 0 Å². The lowest BCUT2D eigenvalue weighted by Gasteiger charge is -2.43. The van der Waals surface area contributed by atoms with E-state index in [1.54, 1.807) is 0 Å². The number of halogens is 2. The van der Waals surface area contributed by atoms with Gasteiger partial charge in [-0.25, -0.2) is 0 Å². The Morgan fingerprint density at radius 1 is 0.629 bits per heavy atom. The minimum atomic E-state index is -1.61. The molecule has 3 aliphatic carbocycles. The Labute approximate surface area is 214 Å². The fraction of sp³-hybridized carbons (Fsp3) is 0.935. The first-order valence-electron chi connectivity index (χ1n) is 15.4. The molecule has 0 radical (unpaired) electrons. The lowest BCUT2D eigenvalue weighted by Crippen LogP contribution is -2.38. The predicted octanol–water partition coefficient (Wildman–Crippen LogP) is 9.54. The molecule has 0 spiro atoms. The zero-order chi connectivity index (χ0) is 24.5. The van der Waals surface area contributed by atoms with E-state index in [9.17, 15) is 8.78 Å². The van der Waals surface area contributed by atoms with E-state index in [1.165, 1.54) is 103 Å². The molecule has 1 saturated heterocycles. The maximum Gasteiger partial charge on any atom is 0.266 e. The molecule has 0 amide bonds. The molecule has 0 N–H and O–H groups in total. The highest BCUT2D eigenvalue weighted by molar-refractivity contribution is 4.87. The quantitative estimate of drug-likeness (QED) is 0.281. The molecule has 2 nitrogen and oxygen atoms in total. The lowest BCUT2D eigenvalue weighted by molar-refractivity contribution is -0.212. The van der Waals surface area contributed by atoms with Gasteiger partial charge in [-0.05, 0) is 112 Å². The van der Waals surface area contributed by atoms with Crippen molar-refractivity contribution in [1.29, 1.82) is 0 Å². The van der Waals surface area contributed by atoms with Crippen molar-refractivity contribution in [2.24, 2.45) is 41.4 Å². The van der Waals surface area contributed by atoms with Crippen molar-refractivity contribution >= 4 is 0 Å². The average molecular weight is 495 g/mol. The maximum atomic E-state index is 12.2. The van der Waals surface area contributed by atoms with E-state index in [-0.39, 0.29) is 6.29 Å². The summed E-state index contributed by atoms with van der Waals surface area (Å²) >= 11 is 0. The van der Waals surface area contributed by atoms with Gasteiger partial charge in [0.1, 0.15) is 0 Å². The number of hydrogen-bond acceptors (Lipinski definition) is 2. The molecule has 0 aromatic heterocycles. The number of rotatable bonds is 10. The molecule has 35 heavy (non-hydrogen) atoms. The summed E-state index contributed by atoms with van der Waals surface area (Å²) in [7, 11) is 0. The molecule has 0 unspecified atom stereocenters. The van der Waals surface area contributed by atoms with Crippen LogP contribution in [0.15, 0.2) is 12.2 Å². The topological polar surface area (TPSA) is 18.5 Å². The van der Waals surface area contributed by atoms with Crippen LogP contribution in [0.2, 0.25) is 0 Å². The van der Waals surface area contributed by atoms with E-state index < -0.39 is 6.08 Å². The second-order valence-corrected chi connectivity index (χ2v) is 12.6. The van der Waals surface area contributed by atoms with Crippen molar-refractivity contribution in [3.8, 4) is 0 Å². The average Bonchev–Trinajstić information content (AvgIpc) is 2.90. The summed E-state index contributed by atoms with van der Waals surface area (Å²) in [6.07, 6.45) is 23.1. The Balaban J connectivity index is 1.09. The largest absolute Gasteiger partial charge is 0.352 e. The first kappa shape index (κ1) is 27.6. The predicted molar refractivity (Wildman–Crippen MR) is 139 cm³/mol. The Hall–Kier alpha value is -0.480. The van der Waals surface area contributed by atoms with E-state index in [4.69, 9.17) is 9.47 Å². The van der Waals surface area contributed by atoms with Crippen LogP contribution < -0.4 is 0 Å². The highest BCUT2D eigenvalue weighted by Gasteiger charge is 2.37. The third-order valence-corrected chi connectivity index (χ3v) is 10.4. The van der Waals surface area contributed by atoms with Gasteiger partial charge in [0, 0.05) is 12.3 Å². The third kappa shape index (κ3) is 8.52. The minimum Gasteiger partial charge on any atom is -0.352 e. The van der Waals surface area contributed by atoms with Gasteiger partial charge in [-0.1, -0.05) is 45.4 Å². The van der Waals surface area contributed by atoms with Crippen molar-refractivity contribution in [3.05, 3.63) is 12.2 Å². The molecule has 4 aliphatic rings. The first-order chi connectivity index (χ1) is 17.1. The summed E-state index contributed by atoms with van der Waals surface area (Å²) in [5.41, 5.74) is 0. The molecule has 3 saturated carbocycles. The zero-order valence-corrected chi connectivity index (χ0v) is 22.4. The molecule has 0 aromatic rings. The van der Waals surface area contributed by atoms with Gasteiger partial charge >= 0.3 is 0 Å². The second kappa shape index (κ2) is 14.5. The fourth-order valence-electron chi connectivity index (χ4n) is 8.13. The van der Waals surface area contributed by atoms with Crippen LogP contribution in [-0.4, -0.2) is 19.5 Å². The van der Waals surface area contributed by atoms with Crippen LogP contribution in [0.3, 0.4) is 0 Å². The van der Waals surface area contributed by atoms with Crippen molar-refractivity contribution in [2.45, 2.75) is 129 Å². The molecule has 0 atom stereocenters. The van der Waals surface area contributed by atoms with Crippen LogP contribution in [0.4, 0.5) is 8.78 Å². The van der Waals surface area contributed by atoms with E-state index >= 15 is 0 Å². The van der Waals surface area contributed by atoms with E-state index in [0.717, 1.165) is 54.8 Å². The Morgan fingerprint density at radius 2 is 1.09 bits per heavy atom. The monoisotopic (exact) mass is 494 g/mol. The number of unbranched alkanes of at least 4 members (excludes halogenated alkanes) is 2. The summed E-state index contributed by atoms with van der Waals surface area (Å²) < 4.78 is 36.1. The number of ether oxygens (including phenoxy) is 2. The summed E-state index contributed by atoms with van der Waals surface area (Å²) in [5.74, 6) is 6.25. The normalized spacial score (nSPS) is 38.7. The summed E-state index contributed by atoms with van der Waals surface area (Å²) in [6.45, 7) is 3.81. The molecular formula is C31H52F2O2. The van der Waals surface area contributed by atoms with Gasteiger partial charge in [0.2, 0.25) is 0 Å². The highest BCUT2D eigenvalue weighted by atomic mass is 19.3. The van der Waals surface area contributed by atoms with E-state index in [2.05, 4.69) is 6.92 Å². The van der Waals surface area contributed by atoms with Gasteiger partial charge in [0.25, 0.3) is 6.08 Å². The molecular weight excluding hydrogens is 442 g/mol. The smallest absolute Gasteiger partial charge is 0.266 e. The van der Waals surface area contributed by atoms with Gasteiger partial charge in [0.05, 0.1) is 13.2 Å². The summed E-state index contributed by atoms with van der Waals surface area (Å²) in [6, 6.07) is 0.